The summed E-state index contributed by atoms with van der Waals surface area (Å²) in [6, 6.07) is 7.66. The van der Waals surface area contributed by atoms with Gasteiger partial charge in [0.15, 0.2) is 0 Å². The minimum atomic E-state index is 0.0592. The minimum Gasteiger partial charge on any atom is -0.358 e. The Bertz CT molecular complexity index is 299. The molecule has 0 aliphatic rings. The molecule has 0 fully saturated rings. The van der Waals surface area contributed by atoms with Gasteiger partial charge in [-0.3, -0.25) is 4.79 Å². The smallest absolute Gasteiger partial charge is 0.229 e. The van der Waals surface area contributed by atoms with E-state index in [1.54, 1.807) is 18.8 Å². The number of amides is 1. The minimum absolute atomic E-state index is 0.0592. The molecule has 76 valence electrons. The van der Waals surface area contributed by atoms with Gasteiger partial charge in [-0.2, -0.15) is 0 Å². The number of nitrogens with one attached hydrogen (secondary N) is 1. The maximum absolute atomic E-state index is 10.9. The first kappa shape index (κ1) is 11.4. The van der Waals surface area contributed by atoms with Gasteiger partial charge in [-0.1, -0.05) is 23.7 Å². The summed E-state index contributed by atoms with van der Waals surface area (Å²) in [5.74, 6) is 1.40. The van der Waals surface area contributed by atoms with Crippen molar-refractivity contribution in [2.45, 2.75) is 5.75 Å². The number of carbonyl (C=O) groups is 1. The molecule has 0 bridgehead atoms. The average molecular weight is 230 g/mol. The largest absolute Gasteiger partial charge is 0.358 e. The quantitative estimate of drug-likeness (QED) is 0.859. The Morgan fingerprint density at radius 2 is 2.07 bits per heavy atom. The summed E-state index contributed by atoms with van der Waals surface area (Å²) in [6.07, 6.45) is 0. The van der Waals surface area contributed by atoms with Gasteiger partial charge in [0.2, 0.25) is 5.91 Å². The number of rotatable bonds is 4. The van der Waals surface area contributed by atoms with Crippen molar-refractivity contribution in [1.82, 2.24) is 5.32 Å². The van der Waals surface area contributed by atoms with Gasteiger partial charge in [-0.15, -0.1) is 11.8 Å². The van der Waals surface area contributed by atoms with Crippen molar-refractivity contribution >= 4 is 29.3 Å². The number of carbonyl (C=O) groups excluding carboxylic acids is 1. The van der Waals surface area contributed by atoms with E-state index in [1.807, 2.05) is 24.3 Å². The van der Waals surface area contributed by atoms with E-state index >= 15 is 0 Å². The van der Waals surface area contributed by atoms with Crippen LogP contribution in [0.25, 0.3) is 0 Å². The summed E-state index contributed by atoms with van der Waals surface area (Å²) < 4.78 is 0. The van der Waals surface area contributed by atoms with E-state index in [2.05, 4.69) is 5.32 Å². The van der Waals surface area contributed by atoms with E-state index in [4.69, 9.17) is 11.6 Å². The van der Waals surface area contributed by atoms with Gasteiger partial charge in [-0.05, 0) is 17.7 Å². The molecule has 0 heterocycles. The van der Waals surface area contributed by atoms with Crippen molar-refractivity contribution in [3.63, 3.8) is 0 Å². The normalized spacial score (nSPS) is 9.86. The fourth-order valence-electron chi connectivity index (χ4n) is 0.914. The van der Waals surface area contributed by atoms with Crippen LogP contribution in [0.15, 0.2) is 24.3 Å². The molecule has 0 atom stereocenters. The highest BCUT2D eigenvalue weighted by atomic mass is 35.5. The highest BCUT2D eigenvalue weighted by molar-refractivity contribution is 7.99. The predicted octanol–water partition coefficient (Wildman–Crippen LogP) is 2.32. The molecule has 1 aromatic carbocycles. The molecule has 0 aromatic heterocycles. The van der Waals surface area contributed by atoms with Gasteiger partial charge in [0.25, 0.3) is 0 Å². The van der Waals surface area contributed by atoms with Gasteiger partial charge in [0, 0.05) is 17.8 Å². The number of halogens is 1. The first-order valence-electron chi connectivity index (χ1n) is 4.25. The number of hydrogen-bond donors (Lipinski definition) is 1. The highest BCUT2D eigenvalue weighted by Crippen LogP contribution is 2.14. The van der Waals surface area contributed by atoms with Crippen molar-refractivity contribution < 1.29 is 4.79 Å². The fourth-order valence-corrected chi connectivity index (χ4v) is 1.90. The summed E-state index contributed by atoms with van der Waals surface area (Å²) >= 11 is 7.34. The lowest BCUT2D eigenvalue weighted by Gasteiger charge is -2.01. The summed E-state index contributed by atoms with van der Waals surface area (Å²) in [4.78, 5) is 10.9. The number of thioether (sulfide) groups is 1. The van der Waals surface area contributed by atoms with Crippen LogP contribution in [-0.2, 0) is 10.5 Å². The zero-order valence-electron chi connectivity index (χ0n) is 7.92. The van der Waals surface area contributed by atoms with Gasteiger partial charge in [0.05, 0.1) is 5.75 Å². The molecule has 4 heteroatoms. The molecule has 0 unspecified atom stereocenters. The third-order valence-electron chi connectivity index (χ3n) is 1.69. The number of benzene rings is 1. The SMILES string of the molecule is CNC(=O)CSCc1ccc(Cl)cc1. The van der Waals surface area contributed by atoms with E-state index in [0.29, 0.717) is 5.75 Å². The van der Waals surface area contributed by atoms with Gasteiger partial charge < -0.3 is 5.32 Å². The van der Waals surface area contributed by atoms with Crippen LogP contribution in [-0.4, -0.2) is 18.7 Å². The monoisotopic (exact) mass is 229 g/mol. The van der Waals surface area contributed by atoms with E-state index in [9.17, 15) is 4.79 Å². The van der Waals surface area contributed by atoms with Crippen LogP contribution in [0.2, 0.25) is 5.02 Å². The molecule has 1 aromatic rings. The average Bonchev–Trinajstić information content (AvgIpc) is 2.21. The first-order valence-corrected chi connectivity index (χ1v) is 5.78. The lowest BCUT2D eigenvalue weighted by Crippen LogP contribution is -2.19. The Morgan fingerprint density at radius 1 is 1.43 bits per heavy atom. The Labute approximate surface area is 93.0 Å². The zero-order valence-corrected chi connectivity index (χ0v) is 9.49. The third kappa shape index (κ3) is 4.03. The molecule has 0 spiro atoms. The number of hydrogen-bond acceptors (Lipinski definition) is 2. The standard InChI is InChI=1S/C10H12ClNOS/c1-12-10(13)7-14-6-8-2-4-9(11)5-3-8/h2-5H,6-7H2,1H3,(H,12,13). The molecule has 14 heavy (non-hydrogen) atoms. The van der Waals surface area contributed by atoms with Crippen molar-refractivity contribution in [2.75, 3.05) is 12.8 Å². The molecule has 0 aliphatic carbocycles. The maximum Gasteiger partial charge on any atom is 0.229 e. The second-order valence-electron chi connectivity index (χ2n) is 2.79. The lowest BCUT2D eigenvalue weighted by molar-refractivity contribution is -0.118. The Balaban J connectivity index is 2.31. The Hall–Kier alpha value is -0.670. The van der Waals surface area contributed by atoms with Crippen LogP contribution < -0.4 is 5.32 Å². The van der Waals surface area contributed by atoms with E-state index < -0.39 is 0 Å². The van der Waals surface area contributed by atoms with Gasteiger partial charge in [-0.25, -0.2) is 0 Å². The zero-order chi connectivity index (χ0) is 10.4. The van der Waals surface area contributed by atoms with Crippen LogP contribution in [0.5, 0.6) is 0 Å². The summed E-state index contributed by atoms with van der Waals surface area (Å²) in [7, 11) is 1.64. The van der Waals surface area contributed by atoms with Crippen LogP contribution in [0.1, 0.15) is 5.56 Å². The molecule has 1 rings (SSSR count). The molecular formula is C10H12ClNOS. The second-order valence-corrected chi connectivity index (χ2v) is 4.21. The summed E-state index contributed by atoms with van der Waals surface area (Å²) in [5, 5.41) is 3.32. The first-order chi connectivity index (χ1) is 6.72. The molecule has 2 nitrogen and oxygen atoms in total. The topological polar surface area (TPSA) is 29.1 Å². The van der Waals surface area contributed by atoms with Crippen molar-refractivity contribution in [1.29, 1.82) is 0 Å². The van der Waals surface area contributed by atoms with E-state index in [1.165, 1.54) is 5.56 Å². The molecule has 0 saturated carbocycles. The van der Waals surface area contributed by atoms with Gasteiger partial charge in [0.1, 0.15) is 0 Å². The molecular weight excluding hydrogens is 218 g/mol. The second kappa shape index (κ2) is 5.94. The molecule has 0 aliphatic heterocycles. The molecule has 0 saturated heterocycles. The van der Waals surface area contributed by atoms with Gasteiger partial charge >= 0.3 is 0 Å². The van der Waals surface area contributed by atoms with E-state index in [-0.39, 0.29) is 5.91 Å². The van der Waals surface area contributed by atoms with Crippen LogP contribution in [0, 0.1) is 0 Å². The Kier molecular flexibility index (Phi) is 4.84. The third-order valence-corrected chi connectivity index (χ3v) is 2.95. The van der Waals surface area contributed by atoms with Crippen molar-refractivity contribution in [2.24, 2.45) is 0 Å². The molecule has 0 radical (unpaired) electrons. The van der Waals surface area contributed by atoms with Crippen LogP contribution in [0.4, 0.5) is 0 Å². The molecule has 1 amide bonds. The highest BCUT2D eigenvalue weighted by Gasteiger charge is 1.98. The van der Waals surface area contributed by atoms with E-state index in [0.717, 1.165) is 10.8 Å². The Morgan fingerprint density at radius 3 is 2.64 bits per heavy atom. The lowest BCUT2D eigenvalue weighted by atomic mass is 10.2. The van der Waals surface area contributed by atoms with Crippen LogP contribution >= 0.6 is 23.4 Å². The van der Waals surface area contributed by atoms with Crippen molar-refractivity contribution in [3.8, 4) is 0 Å². The maximum atomic E-state index is 10.9. The predicted molar refractivity (Wildman–Crippen MR) is 61.7 cm³/mol. The summed E-state index contributed by atoms with van der Waals surface area (Å²) in [5.41, 5.74) is 1.18. The molecule has 1 N–H and O–H groups in total. The summed E-state index contributed by atoms with van der Waals surface area (Å²) in [6.45, 7) is 0. The fraction of sp³-hybridized carbons (Fsp3) is 0.300. The van der Waals surface area contributed by atoms with Crippen LogP contribution in [0.3, 0.4) is 0 Å². The van der Waals surface area contributed by atoms with Crippen molar-refractivity contribution in [3.05, 3.63) is 34.9 Å².